The van der Waals surface area contributed by atoms with E-state index in [9.17, 15) is 0 Å². The summed E-state index contributed by atoms with van der Waals surface area (Å²) in [5, 5.41) is 1.21. The van der Waals surface area contributed by atoms with Crippen molar-refractivity contribution in [1.29, 1.82) is 0 Å². The minimum Gasteiger partial charge on any atom is -0.356 e. The maximum absolute atomic E-state index is 6.05. The Bertz CT molecular complexity index is 621. The van der Waals surface area contributed by atoms with E-state index in [-0.39, 0.29) is 6.04 Å². The number of aromatic nitrogens is 1. The SMILES string of the molecule is CC(N)Cc1cc2ccccc2nc1N1CCCC(C)C1. The van der Waals surface area contributed by atoms with Gasteiger partial charge in [0.2, 0.25) is 0 Å². The van der Waals surface area contributed by atoms with Gasteiger partial charge in [0.25, 0.3) is 0 Å². The third kappa shape index (κ3) is 3.18. The van der Waals surface area contributed by atoms with Crippen molar-refractivity contribution in [3.63, 3.8) is 0 Å². The molecule has 0 amide bonds. The molecular weight excluding hydrogens is 258 g/mol. The van der Waals surface area contributed by atoms with Gasteiger partial charge in [0.1, 0.15) is 5.82 Å². The standard InChI is InChI=1S/C18H25N3/c1-13-6-5-9-21(12-13)18-16(10-14(2)19)11-15-7-3-4-8-17(15)20-18/h3-4,7-8,11,13-14H,5-6,9-10,12,19H2,1-2H3. The van der Waals surface area contributed by atoms with Crippen molar-refractivity contribution in [2.45, 2.75) is 39.2 Å². The number of nitrogens with two attached hydrogens (primary N) is 1. The van der Waals surface area contributed by atoms with E-state index >= 15 is 0 Å². The summed E-state index contributed by atoms with van der Waals surface area (Å²) < 4.78 is 0. The Kier molecular flexibility index (Phi) is 4.11. The number of para-hydroxylation sites is 1. The number of anilines is 1. The Balaban J connectivity index is 2.04. The van der Waals surface area contributed by atoms with Crippen molar-refractivity contribution in [1.82, 2.24) is 4.98 Å². The topological polar surface area (TPSA) is 42.1 Å². The molecule has 112 valence electrons. The Hall–Kier alpha value is -1.61. The maximum atomic E-state index is 6.05. The Morgan fingerprint density at radius 1 is 1.38 bits per heavy atom. The molecule has 2 atom stereocenters. The second-order valence-corrected chi connectivity index (χ2v) is 6.54. The molecule has 0 spiro atoms. The van der Waals surface area contributed by atoms with Gasteiger partial charge in [-0.05, 0) is 49.8 Å². The molecule has 3 nitrogen and oxygen atoms in total. The number of hydrogen-bond donors (Lipinski definition) is 1. The molecule has 1 saturated heterocycles. The minimum absolute atomic E-state index is 0.161. The number of piperidine rings is 1. The van der Waals surface area contributed by atoms with Gasteiger partial charge >= 0.3 is 0 Å². The van der Waals surface area contributed by atoms with Crippen LogP contribution in [0.1, 0.15) is 32.3 Å². The first-order chi connectivity index (χ1) is 10.1. The average molecular weight is 283 g/mol. The predicted molar refractivity (Wildman–Crippen MR) is 89.7 cm³/mol. The van der Waals surface area contributed by atoms with Crippen LogP contribution in [0.25, 0.3) is 10.9 Å². The fraction of sp³-hybridized carbons (Fsp3) is 0.500. The van der Waals surface area contributed by atoms with Crippen LogP contribution in [0.4, 0.5) is 5.82 Å². The molecule has 1 aromatic heterocycles. The molecule has 0 aliphatic carbocycles. The fourth-order valence-corrected chi connectivity index (χ4v) is 3.30. The number of hydrogen-bond acceptors (Lipinski definition) is 3. The summed E-state index contributed by atoms with van der Waals surface area (Å²) in [4.78, 5) is 7.41. The molecule has 0 bridgehead atoms. The number of benzene rings is 1. The quantitative estimate of drug-likeness (QED) is 0.939. The third-order valence-electron chi connectivity index (χ3n) is 4.28. The summed E-state index contributed by atoms with van der Waals surface area (Å²) in [5.41, 5.74) is 8.42. The molecule has 3 heteroatoms. The van der Waals surface area contributed by atoms with E-state index < -0.39 is 0 Å². The normalized spacial score (nSPS) is 20.7. The monoisotopic (exact) mass is 283 g/mol. The largest absolute Gasteiger partial charge is 0.356 e. The van der Waals surface area contributed by atoms with Gasteiger partial charge in [0.15, 0.2) is 0 Å². The zero-order valence-corrected chi connectivity index (χ0v) is 13.0. The molecule has 1 aliphatic rings. The van der Waals surface area contributed by atoms with Gasteiger partial charge in [-0.3, -0.25) is 0 Å². The van der Waals surface area contributed by atoms with E-state index in [2.05, 4.69) is 49.1 Å². The number of nitrogens with zero attached hydrogens (tertiary/aromatic N) is 2. The summed E-state index contributed by atoms with van der Waals surface area (Å²) in [6, 6.07) is 10.8. The first-order valence-corrected chi connectivity index (χ1v) is 8.02. The first kappa shape index (κ1) is 14.3. The number of fused-ring (bicyclic) bond motifs is 1. The molecule has 2 unspecified atom stereocenters. The molecule has 1 aromatic carbocycles. The van der Waals surface area contributed by atoms with Crippen LogP contribution in [0.5, 0.6) is 0 Å². The van der Waals surface area contributed by atoms with Gasteiger partial charge in [0, 0.05) is 24.5 Å². The van der Waals surface area contributed by atoms with Gasteiger partial charge in [-0.25, -0.2) is 4.98 Å². The van der Waals surface area contributed by atoms with E-state index in [0.29, 0.717) is 0 Å². The van der Waals surface area contributed by atoms with Gasteiger partial charge in [0.05, 0.1) is 5.52 Å². The molecule has 0 radical (unpaired) electrons. The molecule has 1 fully saturated rings. The molecule has 21 heavy (non-hydrogen) atoms. The van der Waals surface area contributed by atoms with E-state index in [1.54, 1.807) is 0 Å². The van der Waals surface area contributed by atoms with Gasteiger partial charge in [-0.1, -0.05) is 25.1 Å². The summed E-state index contributed by atoms with van der Waals surface area (Å²) >= 11 is 0. The summed E-state index contributed by atoms with van der Waals surface area (Å²) in [6.07, 6.45) is 3.47. The van der Waals surface area contributed by atoms with Crippen molar-refractivity contribution >= 4 is 16.7 Å². The van der Waals surface area contributed by atoms with Crippen molar-refractivity contribution in [3.05, 3.63) is 35.9 Å². The minimum atomic E-state index is 0.161. The number of pyridine rings is 1. The van der Waals surface area contributed by atoms with Crippen LogP contribution in [0.3, 0.4) is 0 Å². The highest BCUT2D eigenvalue weighted by molar-refractivity contribution is 5.81. The average Bonchev–Trinajstić information content (AvgIpc) is 2.46. The predicted octanol–water partition coefficient (Wildman–Crippen LogP) is 3.36. The van der Waals surface area contributed by atoms with Gasteiger partial charge in [-0.15, -0.1) is 0 Å². The van der Waals surface area contributed by atoms with Crippen LogP contribution in [0.2, 0.25) is 0 Å². The van der Waals surface area contributed by atoms with E-state index in [1.807, 2.05) is 0 Å². The lowest BCUT2D eigenvalue weighted by Crippen LogP contribution is -2.36. The molecule has 2 heterocycles. The Labute approximate surface area is 127 Å². The van der Waals surface area contributed by atoms with Crippen LogP contribution in [-0.4, -0.2) is 24.1 Å². The van der Waals surface area contributed by atoms with Crippen molar-refractivity contribution in [2.24, 2.45) is 11.7 Å². The lowest BCUT2D eigenvalue weighted by atomic mass is 9.98. The highest BCUT2D eigenvalue weighted by Crippen LogP contribution is 2.28. The van der Waals surface area contributed by atoms with E-state index in [4.69, 9.17) is 10.7 Å². The zero-order valence-electron chi connectivity index (χ0n) is 13.0. The Morgan fingerprint density at radius 2 is 2.19 bits per heavy atom. The molecule has 3 rings (SSSR count). The Morgan fingerprint density at radius 3 is 2.95 bits per heavy atom. The molecule has 2 N–H and O–H groups in total. The molecule has 2 aromatic rings. The van der Waals surface area contributed by atoms with Crippen LogP contribution >= 0.6 is 0 Å². The molecule has 1 aliphatic heterocycles. The summed E-state index contributed by atoms with van der Waals surface area (Å²) in [5.74, 6) is 1.90. The molecular formula is C18H25N3. The summed E-state index contributed by atoms with van der Waals surface area (Å²) in [6.45, 7) is 6.62. The van der Waals surface area contributed by atoms with Crippen molar-refractivity contribution in [2.75, 3.05) is 18.0 Å². The lowest BCUT2D eigenvalue weighted by Gasteiger charge is -2.33. The second-order valence-electron chi connectivity index (χ2n) is 6.54. The van der Waals surface area contributed by atoms with E-state index in [1.165, 1.54) is 23.8 Å². The highest BCUT2D eigenvalue weighted by atomic mass is 15.2. The summed E-state index contributed by atoms with van der Waals surface area (Å²) in [7, 11) is 0. The van der Waals surface area contributed by atoms with Crippen LogP contribution in [0, 0.1) is 5.92 Å². The smallest absolute Gasteiger partial charge is 0.132 e. The van der Waals surface area contributed by atoms with Gasteiger partial charge < -0.3 is 10.6 Å². The van der Waals surface area contributed by atoms with Crippen molar-refractivity contribution < 1.29 is 0 Å². The second kappa shape index (κ2) is 6.02. The van der Waals surface area contributed by atoms with E-state index in [0.717, 1.165) is 36.8 Å². The maximum Gasteiger partial charge on any atom is 0.132 e. The van der Waals surface area contributed by atoms with Crippen LogP contribution in [0.15, 0.2) is 30.3 Å². The van der Waals surface area contributed by atoms with Gasteiger partial charge in [-0.2, -0.15) is 0 Å². The lowest BCUT2D eigenvalue weighted by molar-refractivity contribution is 0.444. The number of rotatable bonds is 3. The third-order valence-corrected chi connectivity index (χ3v) is 4.28. The van der Waals surface area contributed by atoms with Crippen molar-refractivity contribution in [3.8, 4) is 0 Å². The highest BCUT2D eigenvalue weighted by Gasteiger charge is 2.21. The first-order valence-electron chi connectivity index (χ1n) is 8.02. The zero-order chi connectivity index (χ0) is 14.8. The van der Waals surface area contributed by atoms with Crippen LogP contribution in [-0.2, 0) is 6.42 Å². The fourth-order valence-electron chi connectivity index (χ4n) is 3.30. The van der Waals surface area contributed by atoms with Crippen LogP contribution < -0.4 is 10.6 Å². The molecule has 0 saturated carbocycles.